The minimum absolute atomic E-state index is 0.428. The predicted molar refractivity (Wildman–Crippen MR) is 93.4 cm³/mol. The van der Waals surface area contributed by atoms with Gasteiger partial charge in [-0.2, -0.15) is 4.39 Å². The number of nitrogens with zero attached hydrogens (tertiary/aromatic N) is 1. The van der Waals surface area contributed by atoms with Crippen LogP contribution in [0.5, 0.6) is 0 Å². The molecule has 1 rings (SSSR count). The Morgan fingerprint density at radius 2 is 1.23 bits per heavy atom. The van der Waals surface area contributed by atoms with Crippen molar-refractivity contribution in [2.45, 2.75) is 34.1 Å². The van der Waals surface area contributed by atoms with Crippen molar-refractivity contribution in [3.8, 4) is 0 Å². The lowest BCUT2D eigenvalue weighted by atomic mass is 10.5. The van der Waals surface area contributed by atoms with Crippen LogP contribution in [0.15, 0.2) is 24.4 Å². The monoisotopic (exact) mass is 399 g/mol. The molecule has 0 atom stereocenters. The number of halogens is 1. The summed E-state index contributed by atoms with van der Waals surface area (Å²) >= 11 is 7.21. The predicted octanol–water partition coefficient (Wildman–Crippen LogP) is 2.04. The van der Waals surface area contributed by atoms with Gasteiger partial charge in [0.2, 0.25) is 5.95 Å². The van der Waals surface area contributed by atoms with Gasteiger partial charge in [-0.1, -0.05) is 40.2 Å². The quantitative estimate of drug-likeness (QED) is 0.286. The van der Waals surface area contributed by atoms with Crippen molar-refractivity contribution in [2.75, 3.05) is 0 Å². The van der Waals surface area contributed by atoms with Gasteiger partial charge in [-0.05, 0) is 35.7 Å². The van der Waals surface area contributed by atoms with Crippen LogP contribution in [-0.4, -0.2) is 34.3 Å². The second-order valence-electron chi connectivity index (χ2n) is 2.89. The first-order chi connectivity index (χ1) is 9.81. The van der Waals surface area contributed by atoms with E-state index in [-0.39, 0.29) is 0 Å². The van der Waals surface area contributed by atoms with E-state index < -0.39 is 19.4 Å². The molecule has 0 fully saturated rings. The van der Waals surface area contributed by atoms with Gasteiger partial charge in [0.15, 0.2) is 0 Å². The maximum Gasteiger partial charge on any atom is 0.319 e. The molecule has 0 saturated heterocycles. The molecule has 7 nitrogen and oxygen atoms in total. The van der Waals surface area contributed by atoms with Crippen LogP contribution >= 0.6 is 13.4 Å². The molecule has 0 aliphatic carbocycles. The maximum atomic E-state index is 11.8. The Bertz CT molecular complexity index is 379. The molecule has 134 valence electrons. The van der Waals surface area contributed by atoms with Crippen molar-refractivity contribution in [2.24, 2.45) is 0 Å². The highest BCUT2D eigenvalue weighted by molar-refractivity contribution is 8.06. The van der Waals surface area contributed by atoms with Gasteiger partial charge >= 0.3 is 13.4 Å². The van der Waals surface area contributed by atoms with E-state index >= 15 is 0 Å². The van der Waals surface area contributed by atoms with Crippen LogP contribution in [0, 0.1) is 5.95 Å². The Labute approximate surface area is 140 Å². The maximum absolute atomic E-state index is 11.8. The summed E-state index contributed by atoms with van der Waals surface area (Å²) in [7, 11) is 0. The Morgan fingerprint density at radius 3 is 1.32 bits per heavy atom. The third-order valence-corrected chi connectivity index (χ3v) is 0.629. The first kappa shape index (κ1) is 30.1. The van der Waals surface area contributed by atoms with Gasteiger partial charge in [0, 0.05) is 6.20 Å². The smallest absolute Gasteiger partial charge is 0.319 e. The molecule has 0 radical (unpaired) electrons. The van der Waals surface area contributed by atoms with E-state index in [0.717, 1.165) is 0 Å². The van der Waals surface area contributed by atoms with E-state index in [1.165, 1.54) is 18.7 Å². The molecule has 1 aromatic heterocycles. The lowest BCUT2D eigenvalue weighted by Gasteiger charge is -1.88. The summed E-state index contributed by atoms with van der Waals surface area (Å²) in [6, 6.07) is 4.57. The summed E-state index contributed by atoms with van der Waals surface area (Å²) < 4.78 is 11.8. The minimum atomic E-state index is -3.81. The van der Waals surface area contributed by atoms with Crippen molar-refractivity contribution in [1.82, 2.24) is 4.98 Å². The van der Waals surface area contributed by atoms with Crippen molar-refractivity contribution in [3.63, 3.8) is 0 Å². The van der Waals surface area contributed by atoms with Gasteiger partial charge in [-0.25, -0.2) is 4.98 Å². The second kappa shape index (κ2) is 19.2. The Balaban J connectivity index is -0.0000000983. The van der Waals surface area contributed by atoms with Crippen LogP contribution in [0.25, 0.3) is 0 Å². The van der Waals surface area contributed by atoms with E-state index in [0.29, 0.717) is 0 Å². The minimum Gasteiger partial charge on any atom is -0.325 e. The van der Waals surface area contributed by atoms with Gasteiger partial charge < -0.3 is 29.4 Å². The molecule has 1 heterocycles. The van der Waals surface area contributed by atoms with Crippen LogP contribution in [-0.2, 0) is 23.6 Å². The summed E-state index contributed by atoms with van der Waals surface area (Å²) in [5.74, 6) is -0.428. The highest BCUT2D eigenvalue weighted by Crippen LogP contribution is 2.26. The van der Waals surface area contributed by atoms with E-state index in [4.69, 9.17) is 29.4 Å². The zero-order valence-corrected chi connectivity index (χ0v) is 16.2. The Kier molecular flexibility index (Phi) is 26.2. The number of rotatable bonds is 0. The van der Waals surface area contributed by atoms with E-state index in [1.54, 1.807) is 12.1 Å². The number of hydrogen-bond donors (Lipinski definition) is 6. The Morgan fingerprint density at radius 1 is 0.955 bits per heavy atom. The molecular weight excluding hydrogens is 375 g/mol. The van der Waals surface area contributed by atoms with Crippen molar-refractivity contribution < 1.29 is 33.8 Å². The number of pyridine rings is 1. The van der Waals surface area contributed by atoms with E-state index in [2.05, 4.69) is 42.4 Å². The van der Waals surface area contributed by atoms with Crippen LogP contribution in [0.1, 0.15) is 34.1 Å². The fourth-order valence-corrected chi connectivity index (χ4v) is 0.342. The molecular formula is C10H24FNO6P2S2. The van der Waals surface area contributed by atoms with Gasteiger partial charge in [0.1, 0.15) is 0 Å². The highest BCUT2D eigenvalue weighted by Gasteiger charge is 1.92. The second-order valence-corrected chi connectivity index (χ2v) is 7.88. The molecule has 0 aliphatic rings. The summed E-state index contributed by atoms with van der Waals surface area (Å²) in [5.41, 5.74) is 0. The summed E-state index contributed by atoms with van der Waals surface area (Å²) in [5, 5.41) is 0. The molecule has 6 N–H and O–H groups in total. The van der Waals surface area contributed by atoms with Crippen LogP contribution in [0.3, 0.4) is 0 Å². The van der Waals surface area contributed by atoms with Gasteiger partial charge in [-0.15, -0.1) is 0 Å². The van der Waals surface area contributed by atoms with Crippen molar-refractivity contribution >= 4 is 37.1 Å². The third kappa shape index (κ3) is 111. The molecule has 0 aliphatic heterocycles. The zero-order chi connectivity index (χ0) is 18.8. The summed E-state index contributed by atoms with van der Waals surface area (Å²) in [6.45, 7) is 0.639. The fraction of sp³-hybridized carbons (Fsp3) is 0.500. The summed E-state index contributed by atoms with van der Waals surface area (Å²) in [4.78, 5) is 48.7. The lowest BCUT2D eigenvalue weighted by Crippen LogP contribution is -1.73. The topological polar surface area (TPSA) is 134 Å². The molecule has 1 aromatic rings. The first-order valence-corrected chi connectivity index (χ1v) is 11.3. The van der Waals surface area contributed by atoms with E-state index in [9.17, 15) is 4.39 Å². The first-order valence-electron chi connectivity index (χ1n) is 5.94. The molecule has 0 saturated carbocycles. The SMILES string of the molecule is CC.CCC.Fc1ccccn1.OP(O)(O)=S.OP(O)(O)=S. The fourth-order valence-electron chi connectivity index (χ4n) is 0.342. The normalized spacial score (nSPS) is 9.23. The van der Waals surface area contributed by atoms with Crippen LogP contribution in [0.4, 0.5) is 4.39 Å². The van der Waals surface area contributed by atoms with Crippen molar-refractivity contribution in [3.05, 3.63) is 30.3 Å². The molecule has 0 spiro atoms. The average Bonchev–Trinajstić information content (AvgIpc) is 2.29. The lowest BCUT2D eigenvalue weighted by molar-refractivity contribution is 0.361. The molecule has 0 unspecified atom stereocenters. The average molecular weight is 399 g/mol. The highest BCUT2D eigenvalue weighted by atomic mass is 32.5. The standard InChI is InChI=1S/C5H4FN.C3H8.C2H6.2H3O3PS/c6-5-3-1-2-4-7-5;1-3-2;1-2;2*1-4(2,3)5/h1-4H;3H2,1-2H3;1-2H3;2*(H3,1,2,3,5). The molecule has 22 heavy (non-hydrogen) atoms. The van der Waals surface area contributed by atoms with Crippen molar-refractivity contribution in [1.29, 1.82) is 0 Å². The van der Waals surface area contributed by atoms with E-state index in [1.807, 2.05) is 13.8 Å². The largest absolute Gasteiger partial charge is 0.325 e. The molecule has 0 aromatic carbocycles. The van der Waals surface area contributed by atoms with Gasteiger partial charge in [0.05, 0.1) is 0 Å². The van der Waals surface area contributed by atoms with Crippen LogP contribution < -0.4 is 0 Å². The molecule has 12 heteroatoms. The number of hydrogen-bond acceptors (Lipinski definition) is 3. The third-order valence-electron chi connectivity index (χ3n) is 0.629. The number of aromatic nitrogens is 1. The van der Waals surface area contributed by atoms with Gasteiger partial charge in [-0.3, -0.25) is 0 Å². The Hall–Kier alpha value is 0.140. The molecule has 0 bridgehead atoms. The van der Waals surface area contributed by atoms with Gasteiger partial charge in [0.25, 0.3) is 0 Å². The molecule has 0 amide bonds. The van der Waals surface area contributed by atoms with Crippen LogP contribution in [0.2, 0.25) is 0 Å². The summed E-state index contributed by atoms with van der Waals surface area (Å²) in [6.07, 6.45) is 2.66. The zero-order valence-electron chi connectivity index (χ0n) is 12.7.